The lowest BCUT2D eigenvalue weighted by Crippen LogP contribution is -2.41. The Balaban J connectivity index is 3.06. The van der Waals surface area contributed by atoms with E-state index >= 15 is 0 Å². The number of aromatic hydroxyl groups is 1. The van der Waals surface area contributed by atoms with Crippen LogP contribution in [-0.2, 0) is 9.53 Å². The van der Waals surface area contributed by atoms with Crippen LogP contribution in [0.25, 0.3) is 0 Å². The van der Waals surface area contributed by atoms with Gasteiger partial charge in [0.25, 0.3) is 5.91 Å². The zero-order valence-corrected chi connectivity index (χ0v) is 11.6. The van der Waals surface area contributed by atoms with Gasteiger partial charge in [-0.3, -0.25) is 9.59 Å². The van der Waals surface area contributed by atoms with E-state index in [1.54, 1.807) is 19.1 Å². The van der Waals surface area contributed by atoms with Crippen LogP contribution in [-0.4, -0.2) is 41.6 Å². The zero-order valence-electron chi connectivity index (χ0n) is 11.6. The van der Waals surface area contributed by atoms with E-state index in [0.717, 1.165) is 0 Å². The SMILES string of the molecule is COC(=O)CN(C(=O)c1cccc(O)c1C)C(C)C. The molecule has 0 bridgehead atoms. The van der Waals surface area contributed by atoms with E-state index < -0.39 is 5.97 Å². The fourth-order valence-corrected chi connectivity index (χ4v) is 1.70. The Kier molecular flexibility index (Phi) is 4.92. The Hall–Kier alpha value is -2.04. The molecule has 0 spiro atoms. The summed E-state index contributed by atoms with van der Waals surface area (Å²) in [5.74, 6) is -0.707. The molecule has 1 rings (SSSR count). The topological polar surface area (TPSA) is 66.8 Å². The predicted molar refractivity (Wildman–Crippen MR) is 71.0 cm³/mol. The summed E-state index contributed by atoms with van der Waals surface area (Å²) in [6.07, 6.45) is 0. The van der Waals surface area contributed by atoms with Gasteiger partial charge in [-0.05, 0) is 32.9 Å². The van der Waals surface area contributed by atoms with Gasteiger partial charge in [-0.1, -0.05) is 6.07 Å². The van der Waals surface area contributed by atoms with Crippen LogP contribution in [0.5, 0.6) is 5.75 Å². The van der Waals surface area contributed by atoms with Crippen molar-refractivity contribution in [2.75, 3.05) is 13.7 Å². The second kappa shape index (κ2) is 6.22. The fraction of sp³-hybridized carbons (Fsp3) is 0.429. The van der Waals surface area contributed by atoms with Gasteiger partial charge in [0.05, 0.1) is 7.11 Å². The number of amides is 1. The Bertz CT molecular complexity index is 482. The predicted octanol–water partition coefficient (Wildman–Crippen LogP) is 1.72. The molecule has 0 aliphatic heterocycles. The van der Waals surface area contributed by atoms with Crippen molar-refractivity contribution in [2.24, 2.45) is 0 Å². The van der Waals surface area contributed by atoms with E-state index in [4.69, 9.17) is 0 Å². The Labute approximate surface area is 112 Å². The number of phenols is 1. The van der Waals surface area contributed by atoms with E-state index in [1.165, 1.54) is 18.1 Å². The molecule has 19 heavy (non-hydrogen) atoms. The molecule has 5 heteroatoms. The van der Waals surface area contributed by atoms with Gasteiger partial charge in [0.2, 0.25) is 0 Å². The highest BCUT2D eigenvalue weighted by atomic mass is 16.5. The third-order valence-electron chi connectivity index (χ3n) is 2.95. The number of nitrogens with zero attached hydrogens (tertiary/aromatic N) is 1. The van der Waals surface area contributed by atoms with Gasteiger partial charge in [-0.15, -0.1) is 0 Å². The van der Waals surface area contributed by atoms with Crippen LogP contribution in [0.2, 0.25) is 0 Å². The average molecular weight is 265 g/mol. The summed E-state index contributed by atoms with van der Waals surface area (Å²) >= 11 is 0. The third-order valence-corrected chi connectivity index (χ3v) is 2.95. The van der Waals surface area contributed by atoms with Crippen LogP contribution in [0.3, 0.4) is 0 Å². The number of phenolic OH excluding ortho intramolecular Hbond substituents is 1. The molecule has 1 aromatic carbocycles. The van der Waals surface area contributed by atoms with Gasteiger partial charge in [-0.2, -0.15) is 0 Å². The second-order valence-corrected chi connectivity index (χ2v) is 4.55. The quantitative estimate of drug-likeness (QED) is 0.842. The van der Waals surface area contributed by atoms with Crippen LogP contribution in [0.1, 0.15) is 29.8 Å². The van der Waals surface area contributed by atoms with Crippen LogP contribution in [0.15, 0.2) is 18.2 Å². The summed E-state index contributed by atoms with van der Waals surface area (Å²) in [7, 11) is 1.28. The van der Waals surface area contributed by atoms with E-state index in [0.29, 0.717) is 11.1 Å². The maximum Gasteiger partial charge on any atom is 0.325 e. The first kappa shape index (κ1) is 15.0. The molecule has 5 nitrogen and oxygen atoms in total. The first-order chi connectivity index (χ1) is 8.88. The number of hydrogen-bond donors (Lipinski definition) is 1. The van der Waals surface area contributed by atoms with Gasteiger partial charge in [0, 0.05) is 17.2 Å². The molecule has 0 aliphatic rings. The minimum atomic E-state index is -0.472. The lowest BCUT2D eigenvalue weighted by molar-refractivity contribution is -0.141. The van der Waals surface area contributed by atoms with E-state index in [2.05, 4.69) is 4.74 Å². The smallest absolute Gasteiger partial charge is 0.325 e. The van der Waals surface area contributed by atoms with Crippen LogP contribution in [0.4, 0.5) is 0 Å². The van der Waals surface area contributed by atoms with Gasteiger partial charge in [-0.25, -0.2) is 0 Å². The normalized spacial score (nSPS) is 10.4. The van der Waals surface area contributed by atoms with Gasteiger partial charge in [0.15, 0.2) is 0 Å². The molecule has 104 valence electrons. The zero-order chi connectivity index (χ0) is 14.6. The van der Waals surface area contributed by atoms with Crippen LogP contribution >= 0.6 is 0 Å². The summed E-state index contributed by atoms with van der Waals surface area (Å²) < 4.78 is 4.59. The number of hydrogen-bond acceptors (Lipinski definition) is 4. The molecule has 0 aromatic heterocycles. The Morgan fingerprint density at radius 1 is 1.37 bits per heavy atom. The van der Waals surface area contributed by atoms with E-state index in [1.807, 2.05) is 13.8 Å². The monoisotopic (exact) mass is 265 g/mol. The molecule has 0 saturated carbocycles. The Morgan fingerprint density at radius 3 is 2.53 bits per heavy atom. The highest BCUT2D eigenvalue weighted by Gasteiger charge is 2.23. The maximum atomic E-state index is 12.4. The largest absolute Gasteiger partial charge is 0.508 e. The van der Waals surface area contributed by atoms with Crippen molar-refractivity contribution in [1.82, 2.24) is 4.90 Å². The summed E-state index contributed by atoms with van der Waals surface area (Å²) in [6.45, 7) is 5.19. The van der Waals surface area contributed by atoms with Gasteiger partial charge < -0.3 is 14.7 Å². The summed E-state index contributed by atoms with van der Waals surface area (Å²) in [4.78, 5) is 25.2. The lowest BCUT2D eigenvalue weighted by Gasteiger charge is -2.26. The van der Waals surface area contributed by atoms with Crippen molar-refractivity contribution < 1.29 is 19.4 Å². The minimum Gasteiger partial charge on any atom is -0.508 e. The molecule has 0 unspecified atom stereocenters. The molecular weight excluding hydrogens is 246 g/mol. The number of benzene rings is 1. The van der Waals surface area contributed by atoms with Gasteiger partial charge >= 0.3 is 5.97 Å². The highest BCUT2D eigenvalue weighted by Crippen LogP contribution is 2.21. The molecule has 0 saturated heterocycles. The summed E-state index contributed by atoms with van der Waals surface area (Å²) in [6, 6.07) is 4.61. The Morgan fingerprint density at radius 2 is 2.00 bits per heavy atom. The fourth-order valence-electron chi connectivity index (χ4n) is 1.70. The third kappa shape index (κ3) is 3.47. The molecule has 1 aromatic rings. The average Bonchev–Trinajstić information content (AvgIpc) is 2.37. The van der Waals surface area contributed by atoms with Crippen molar-refractivity contribution >= 4 is 11.9 Å². The first-order valence-electron chi connectivity index (χ1n) is 6.04. The van der Waals surface area contributed by atoms with E-state index in [-0.39, 0.29) is 24.2 Å². The van der Waals surface area contributed by atoms with E-state index in [9.17, 15) is 14.7 Å². The summed E-state index contributed by atoms with van der Waals surface area (Å²) in [5.41, 5.74) is 0.889. The number of carbonyl (C=O) groups excluding carboxylic acids is 2. The molecule has 0 heterocycles. The molecule has 1 N–H and O–H groups in total. The standard InChI is InChI=1S/C14H19NO4/c1-9(2)15(8-13(17)19-4)14(18)11-6-5-7-12(16)10(11)3/h5-7,9,16H,8H2,1-4H3. The second-order valence-electron chi connectivity index (χ2n) is 4.55. The maximum absolute atomic E-state index is 12.4. The summed E-state index contributed by atoms with van der Waals surface area (Å²) in [5, 5.41) is 9.64. The number of rotatable bonds is 4. The highest BCUT2D eigenvalue weighted by molar-refractivity contribution is 5.98. The number of esters is 1. The number of methoxy groups -OCH3 is 1. The van der Waals surface area contributed by atoms with Crippen LogP contribution in [0, 0.1) is 6.92 Å². The number of carbonyl (C=O) groups is 2. The van der Waals surface area contributed by atoms with Crippen molar-refractivity contribution in [3.63, 3.8) is 0 Å². The lowest BCUT2D eigenvalue weighted by atomic mass is 10.1. The molecule has 0 aliphatic carbocycles. The molecular formula is C14H19NO4. The minimum absolute atomic E-state index is 0.0626. The first-order valence-corrected chi connectivity index (χ1v) is 6.04. The molecule has 1 amide bonds. The molecule has 0 atom stereocenters. The molecule has 0 radical (unpaired) electrons. The molecule has 0 fully saturated rings. The number of ether oxygens (including phenoxy) is 1. The van der Waals surface area contributed by atoms with Crippen molar-refractivity contribution in [1.29, 1.82) is 0 Å². The van der Waals surface area contributed by atoms with Crippen molar-refractivity contribution in [3.8, 4) is 5.75 Å². The van der Waals surface area contributed by atoms with Crippen molar-refractivity contribution in [2.45, 2.75) is 26.8 Å². The van der Waals surface area contributed by atoms with Gasteiger partial charge in [0.1, 0.15) is 12.3 Å². The van der Waals surface area contributed by atoms with Crippen LogP contribution < -0.4 is 0 Å². The van der Waals surface area contributed by atoms with Crippen molar-refractivity contribution in [3.05, 3.63) is 29.3 Å².